The number of benzene rings is 1. The molecule has 0 aromatic heterocycles. The van der Waals surface area contributed by atoms with E-state index in [1.165, 1.54) is 19.3 Å². The molecular weight excluding hydrogens is 212 g/mol. The lowest BCUT2D eigenvalue weighted by atomic mass is 9.96. The number of rotatable bonds is 2. The topological polar surface area (TPSA) is 49.5 Å². The Morgan fingerprint density at radius 2 is 1.94 bits per heavy atom. The molecule has 0 saturated carbocycles. The van der Waals surface area contributed by atoms with Crippen LogP contribution in [0.1, 0.15) is 38.7 Å². The van der Waals surface area contributed by atoms with Gasteiger partial charge < -0.3 is 10.8 Å². The standard InChI is InChI=1S/C14H22N2O/c1-10-4-3-5-11(2)16(10)9-12-8-13(15)6-7-14(12)17/h6-8,10-11,17H,3-5,9,15H2,1-2H3/t10-,11+. The first-order valence-corrected chi connectivity index (χ1v) is 6.41. The Kier molecular flexibility index (Phi) is 3.57. The number of hydrogen-bond donors (Lipinski definition) is 2. The smallest absolute Gasteiger partial charge is 0.120 e. The normalized spacial score (nSPS) is 26.0. The van der Waals surface area contributed by atoms with Gasteiger partial charge in [0, 0.05) is 29.9 Å². The van der Waals surface area contributed by atoms with E-state index < -0.39 is 0 Å². The van der Waals surface area contributed by atoms with Crippen molar-refractivity contribution in [2.24, 2.45) is 0 Å². The van der Waals surface area contributed by atoms with E-state index in [4.69, 9.17) is 5.73 Å². The summed E-state index contributed by atoms with van der Waals surface area (Å²) < 4.78 is 0. The van der Waals surface area contributed by atoms with Crippen LogP contribution in [-0.2, 0) is 6.54 Å². The highest BCUT2D eigenvalue weighted by molar-refractivity contribution is 5.47. The molecule has 1 fully saturated rings. The van der Waals surface area contributed by atoms with Crippen molar-refractivity contribution in [3.8, 4) is 5.75 Å². The van der Waals surface area contributed by atoms with Gasteiger partial charge in [0.2, 0.25) is 0 Å². The van der Waals surface area contributed by atoms with Crippen molar-refractivity contribution in [1.29, 1.82) is 0 Å². The number of nitrogen functional groups attached to an aromatic ring is 1. The predicted octanol–water partition coefficient (Wildman–Crippen LogP) is 2.74. The summed E-state index contributed by atoms with van der Waals surface area (Å²) in [5.41, 5.74) is 7.43. The Hall–Kier alpha value is -1.22. The van der Waals surface area contributed by atoms with Gasteiger partial charge in [-0.2, -0.15) is 0 Å². The first kappa shape index (κ1) is 12.2. The predicted molar refractivity (Wildman–Crippen MR) is 70.8 cm³/mol. The SMILES string of the molecule is C[C@@H]1CCC[C@H](C)N1Cc1cc(N)ccc1O. The van der Waals surface area contributed by atoms with E-state index in [2.05, 4.69) is 18.7 Å². The molecule has 94 valence electrons. The molecule has 3 heteroatoms. The molecule has 1 saturated heterocycles. The van der Waals surface area contributed by atoms with Crippen LogP contribution < -0.4 is 5.73 Å². The van der Waals surface area contributed by atoms with E-state index in [1.54, 1.807) is 12.1 Å². The fourth-order valence-corrected chi connectivity index (χ4v) is 2.72. The average Bonchev–Trinajstić information content (AvgIpc) is 2.28. The fraction of sp³-hybridized carbons (Fsp3) is 0.571. The van der Waals surface area contributed by atoms with Crippen molar-refractivity contribution in [1.82, 2.24) is 4.90 Å². The highest BCUT2D eigenvalue weighted by Gasteiger charge is 2.25. The number of anilines is 1. The van der Waals surface area contributed by atoms with Gasteiger partial charge in [0.1, 0.15) is 5.75 Å². The van der Waals surface area contributed by atoms with Gasteiger partial charge in [-0.15, -0.1) is 0 Å². The molecule has 17 heavy (non-hydrogen) atoms. The molecule has 0 bridgehead atoms. The third-order valence-electron chi connectivity index (χ3n) is 3.83. The Labute approximate surface area is 103 Å². The van der Waals surface area contributed by atoms with Gasteiger partial charge >= 0.3 is 0 Å². The summed E-state index contributed by atoms with van der Waals surface area (Å²) in [4.78, 5) is 2.46. The van der Waals surface area contributed by atoms with Crippen molar-refractivity contribution in [3.05, 3.63) is 23.8 Å². The number of piperidine rings is 1. The molecule has 1 aromatic carbocycles. The van der Waals surface area contributed by atoms with Crippen LogP contribution in [0.15, 0.2) is 18.2 Å². The molecule has 3 nitrogen and oxygen atoms in total. The highest BCUT2D eigenvalue weighted by atomic mass is 16.3. The second kappa shape index (κ2) is 4.96. The monoisotopic (exact) mass is 234 g/mol. The van der Waals surface area contributed by atoms with Gasteiger partial charge in [0.25, 0.3) is 0 Å². The lowest BCUT2D eigenvalue weighted by Gasteiger charge is -2.39. The van der Waals surface area contributed by atoms with E-state index in [9.17, 15) is 5.11 Å². The average molecular weight is 234 g/mol. The molecule has 0 aliphatic carbocycles. The minimum Gasteiger partial charge on any atom is -0.508 e. The molecule has 2 atom stereocenters. The Morgan fingerprint density at radius 3 is 2.59 bits per heavy atom. The Balaban J connectivity index is 2.16. The van der Waals surface area contributed by atoms with Crippen molar-refractivity contribution >= 4 is 5.69 Å². The molecule has 0 spiro atoms. The van der Waals surface area contributed by atoms with E-state index in [1.807, 2.05) is 6.07 Å². The highest BCUT2D eigenvalue weighted by Crippen LogP contribution is 2.28. The Morgan fingerprint density at radius 1 is 1.29 bits per heavy atom. The molecule has 0 amide bonds. The van der Waals surface area contributed by atoms with Crippen molar-refractivity contribution in [2.75, 3.05) is 5.73 Å². The zero-order valence-electron chi connectivity index (χ0n) is 10.7. The third-order valence-corrected chi connectivity index (χ3v) is 3.83. The van der Waals surface area contributed by atoms with Crippen LogP contribution in [-0.4, -0.2) is 22.1 Å². The van der Waals surface area contributed by atoms with Crippen LogP contribution in [0.2, 0.25) is 0 Å². The summed E-state index contributed by atoms with van der Waals surface area (Å²) in [6.45, 7) is 5.32. The van der Waals surface area contributed by atoms with Crippen LogP contribution in [0.25, 0.3) is 0 Å². The number of nitrogens with two attached hydrogens (primary N) is 1. The van der Waals surface area contributed by atoms with Crippen molar-refractivity contribution in [2.45, 2.75) is 51.7 Å². The molecule has 1 aliphatic heterocycles. The maximum atomic E-state index is 9.86. The molecule has 0 unspecified atom stereocenters. The van der Waals surface area contributed by atoms with Crippen LogP contribution in [0.3, 0.4) is 0 Å². The van der Waals surface area contributed by atoms with Gasteiger partial charge in [0.15, 0.2) is 0 Å². The van der Waals surface area contributed by atoms with Gasteiger partial charge in [-0.1, -0.05) is 6.42 Å². The first-order valence-electron chi connectivity index (χ1n) is 6.41. The molecular formula is C14H22N2O. The summed E-state index contributed by atoms with van der Waals surface area (Å²) in [6.07, 6.45) is 3.79. The number of hydrogen-bond acceptors (Lipinski definition) is 3. The second-order valence-corrected chi connectivity index (χ2v) is 5.19. The number of phenolic OH excluding ortho intramolecular Hbond substituents is 1. The zero-order valence-corrected chi connectivity index (χ0v) is 10.7. The molecule has 1 aromatic rings. The van der Waals surface area contributed by atoms with Crippen molar-refractivity contribution in [3.63, 3.8) is 0 Å². The maximum absolute atomic E-state index is 9.86. The third kappa shape index (κ3) is 2.72. The summed E-state index contributed by atoms with van der Waals surface area (Å²) in [5, 5.41) is 9.86. The summed E-state index contributed by atoms with van der Waals surface area (Å²) in [7, 11) is 0. The van der Waals surface area contributed by atoms with E-state index in [0.29, 0.717) is 17.8 Å². The largest absolute Gasteiger partial charge is 0.508 e. The minimum absolute atomic E-state index is 0.351. The summed E-state index contributed by atoms with van der Waals surface area (Å²) >= 11 is 0. The Bertz CT molecular complexity index is 382. The zero-order chi connectivity index (χ0) is 12.4. The number of phenols is 1. The molecule has 3 N–H and O–H groups in total. The quantitative estimate of drug-likeness (QED) is 0.611. The van der Waals surface area contributed by atoms with E-state index in [-0.39, 0.29) is 0 Å². The molecule has 2 rings (SSSR count). The van der Waals surface area contributed by atoms with E-state index >= 15 is 0 Å². The molecule has 1 aliphatic rings. The van der Waals surface area contributed by atoms with Crippen LogP contribution in [0, 0.1) is 0 Å². The van der Waals surface area contributed by atoms with Crippen molar-refractivity contribution < 1.29 is 5.11 Å². The molecule has 1 heterocycles. The van der Waals surface area contributed by atoms with Crippen LogP contribution in [0.4, 0.5) is 5.69 Å². The lowest BCUT2D eigenvalue weighted by molar-refractivity contribution is 0.0944. The van der Waals surface area contributed by atoms with E-state index in [0.717, 1.165) is 17.8 Å². The minimum atomic E-state index is 0.351. The van der Waals surface area contributed by atoms with Gasteiger partial charge in [-0.3, -0.25) is 4.90 Å². The second-order valence-electron chi connectivity index (χ2n) is 5.19. The van der Waals surface area contributed by atoms with Gasteiger partial charge in [-0.25, -0.2) is 0 Å². The molecule has 0 radical (unpaired) electrons. The first-order chi connectivity index (χ1) is 8.08. The number of likely N-dealkylation sites (tertiary alicyclic amines) is 1. The fourth-order valence-electron chi connectivity index (χ4n) is 2.72. The summed E-state index contributed by atoms with van der Waals surface area (Å²) in [5.74, 6) is 0.351. The van der Waals surface area contributed by atoms with Crippen LogP contribution in [0.5, 0.6) is 5.75 Å². The van der Waals surface area contributed by atoms with Crippen LogP contribution >= 0.6 is 0 Å². The van der Waals surface area contributed by atoms with Gasteiger partial charge in [0.05, 0.1) is 0 Å². The summed E-state index contributed by atoms with van der Waals surface area (Å²) in [6, 6.07) is 6.47. The number of nitrogens with zero attached hydrogens (tertiary/aromatic N) is 1. The lowest BCUT2D eigenvalue weighted by Crippen LogP contribution is -2.42. The number of aromatic hydroxyl groups is 1. The maximum Gasteiger partial charge on any atom is 0.120 e. The van der Waals surface area contributed by atoms with Gasteiger partial charge in [-0.05, 0) is 44.9 Å².